The zero-order chi connectivity index (χ0) is 24.0. The van der Waals surface area contributed by atoms with E-state index in [1.165, 1.54) is 27.1 Å². The maximum absolute atomic E-state index is 13.3. The van der Waals surface area contributed by atoms with Gasteiger partial charge in [0, 0.05) is 15.8 Å². The summed E-state index contributed by atoms with van der Waals surface area (Å²) < 4.78 is 0. The van der Waals surface area contributed by atoms with Crippen LogP contribution in [0.2, 0.25) is 0 Å². The molecule has 0 unspecified atom stereocenters. The number of hydrogen-bond donors (Lipinski definition) is 2. The molecule has 2 saturated carbocycles. The van der Waals surface area contributed by atoms with Gasteiger partial charge in [0.2, 0.25) is 0 Å². The number of hydrogen-bond acceptors (Lipinski definition) is 3. The first-order valence-corrected chi connectivity index (χ1v) is 12.8. The second-order valence-electron chi connectivity index (χ2n) is 10.3. The van der Waals surface area contributed by atoms with Gasteiger partial charge in [0.15, 0.2) is 0 Å². The fourth-order valence-corrected chi connectivity index (χ4v) is 7.06. The van der Waals surface area contributed by atoms with E-state index >= 15 is 0 Å². The molecule has 0 atom stereocenters. The van der Waals surface area contributed by atoms with Crippen LogP contribution in [-0.2, 0) is 11.2 Å². The van der Waals surface area contributed by atoms with Crippen molar-refractivity contribution in [3.05, 3.63) is 80.5 Å². The molecule has 2 N–H and O–H groups in total. The molecule has 0 bridgehead atoms. The molecule has 1 heterocycles. The van der Waals surface area contributed by atoms with Crippen LogP contribution < -0.4 is 5.32 Å². The lowest BCUT2D eigenvalue weighted by Gasteiger charge is -2.56. The lowest BCUT2D eigenvalue weighted by atomic mass is 9.50. The molecule has 0 radical (unpaired) electrons. The van der Waals surface area contributed by atoms with Gasteiger partial charge in [-0.1, -0.05) is 48.5 Å². The maximum Gasteiger partial charge on any atom is 0.306 e. The molecular formula is C29H31NO3S. The van der Waals surface area contributed by atoms with Crippen LogP contribution in [0, 0.1) is 32.1 Å². The average molecular weight is 474 g/mol. The Bertz CT molecular complexity index is 1240. The second kappa shape index (κ2) is 8.70. The van der Waals surface area contributed by atoms with Crippen molar-refractivity contribution in [3.63, 3.8) is 0 Å². The highest BCUT2D eigenvalue weighted by molar-refractivity contribution is 7.12. The first kappa shape index (κ1) is 22.9. The van der Waals surface area contributed by atoms with Gasteiger partial charge in [-0.15, -0.1) is 11.3 Å². The van der Waals surface area contributed by atoms with Crippen LogP contribution in [0.25, 0.3) is 11.1 Å². The van der Waals surface area contributed by atoms with Gasteiger partial charge in [-0.3, -0.25) is 9.59 Å². The molecule has 4 nitrogen and oxygen atoms in total. The number of aryl methyl sites for hydroxylation is 3. The molecule has 0 saturated heterocycles. The quantitative estimate of drug-likeness (QED) is 0.441. The van der Waals surface area contributed by atoms with E-state index in [4.69, 9.17) is 5.11 Å². The summed E-state index contributed by atoms with van der Waals surface area (Å²) in [6.45, 7) is 6.26. The van der Waals surface area contributed by atoms with Crippen molar-refractivity contribution in [2.45, 2.75) is 58.9 Å². The van der Waals surface area contributed by atoms with Crippen LogP contribution in [0.15, 0.2) is 48.5 Å². The van der Waals surface area contributed by atoms with E-state index < -0.39 is 5.97 Å². The number of amides is 1. The molecular weight excluding hydrogens is 442 g/mol. The summed E-state index contributed by atoms with van der Waals surface area (Å²) in [7, 11) is 0. The van der Waals surface area contributed by atoms with E-state index in [2.05, 4.69) is 67.7 Å². The zero-order valence-corrected chi connectivity index (χ0v) is 20.8. The van der Waals surface area contributed by atoms with Crippen molar-refractivity contribution in [3.8, 4) is 11.1 Å². The van der Waals surface area contributed by atoms with Gasteiger partial charge in [0.1, 0.15) is 0 Å². The fraction of sp³-hybridized carbons (Fsp3) is 0.379. The van der Waals surface area contributed by atoms with Crippen molar-refractivity contribution in [1.82, 2.24) is 5.32 Å². The topological polar surface area (TPSA) is 66.4 Å². The molecule has 5 rings (SSSR count). The minimum atomic E-state index is -0.681. The number of nitrogens with one attached hydrogen (secondary N) is 1. The van der Waals surface area contributed by atoms with Crippen molar-refractivity contribution in [1.29, 1.82) is 0 Å². The summed E-state index contributed by atoms with van der Waals surface area (Å²) in [5.41, 5.74) is 7.01. The van der Waals surface area contributed by atoms with Gasteiger partial charge in [-0.25, -0.2) is 0 Å². The predicted octanol–water partition coefficient (Wildman–Crippen LogP) is 6.30. The van der Waals surface area contributed by atoms with Crippen LogP contribution in [-0.4, -0.2) is 23.0 Å². The molecule has 176 valence electrons. The third-order valence-electron chi connectivity index (χ3n) is 7.81. The van der Waals surface area contributed by atoms with Crippen LogP contribution in [0.5, 0.6) is 0 Å². The van der Waals surface area contributed by atoms with Gasteiger partial charge in [0.05, 0.1) is 11.5 Å². The average Bonchev–Trinajstić information content (AvgIpc) is 3.02. The standard InChI is InChI=1S/C29H31NO3S/c1-17-6-4-5-7-24(17)21-10-8-20(9-11-21)12-25-18(2)34-19(3)26(25)27(31)30-23-15-29(16-23)13-22(14-29)28(32)33/h4-11,22-23H,12-16H2,1-3H3,(H,30,31)(H,32,33). The lowest BCUT2D eigenvalue weighted by molar-refractivity contribution is -0.155. The molecule has 2 aliphatic rings. The van der Waals surface area contributed by atoms with Gasteiger partial charge in [-0.2, -0.15) is 0 Å². The third kappa shape index (κ3) is 4.18. The summed E-state index contributed by atoms with van der Waals surface area (Å²) in [4.78, 5) is 26.6. The molecule has 1 amide bonds. The monoisotopic (exact) mass is 473 g/mol. The number of carbonyl (C=O) groups excluding carboxylic acids is 1. The Kier molecular flexibility index (Phi) is 5.85. The van der Waals surface area contributed by atoms with E-state index in [1.807, 2.05) is 6.92 Å². The predicted molar refractivity (Wildman–Crippen MR) is 136 cm³/mol. The van der Waals surface area contributed by atoms with E-state index in [0.717, 1.165) is 48.1 Å². The van der Waals surface area contributed by atoms with Crippen LogP contribution >= 0.6 is 11.3 Å². The SMILES string of the molecule is Cc1ccccc1-c1ccc(Cc2c(C)sc(C)c2C(=O)NC2CC3(C2)CC(C(=O)O)C3)cc1. The first-order chi connectivity index (χ1) is 16.2. The van der Waals surface area contributed by atoms with Gasteiger partial charge >= 0.3 is 5.97 Å². The Hall–Kier alpha value is -2.92. The third-order valence-corrected chi connectivity index (χ3v) is 8.87. The highest BCUT2D eigenvalue weighted by Crippen LogP contribution is 2.58. The number of rotatable bonds is 6. The van der Waals surface area contributed by atoms with Crippen LogP contribution in [0.1, 0.15) is 62.5 Å². The number of benzene rings is 2. The zero-order valence-electron chi connectivity index (χ0n) is 20.0. The molecule has 2 aliphatic carbocycles. The number of carboxylic acid groups (broad SMARTS) is 1. The molecule has 34 heavy (non-hydrogen) atoms. The molecule has 1 aromatic heterocycles. The van der Waals surface area contributed by atoms with E-state index in [0.29, 0.717) is 0 Å². The van der Waals surface area contributed by atoms with Gasteiger partial charge < -0.3 is 10.4 Å². The first-order valence-electron chi connectivity index (χ1n) is 12.0. The number of thiophene rings is 1. The Morgan fingerprint density at radius 3 is 2.29 bits per heavy atom. The molecule has 0 aliphatic heterocycles. The Morgan fingerprint density at radius 1 is 0.971 bits per heavy atom. The van der Waals surface area contributed by atoms with Crippen molar-refractivity contribution in [2.24, 2.45) is 11.3 Å². The molecule has 1 spiro atoms. The Balaban J connectivity index is 1.27. The minimum Gasteiger partial charge on any atom is -0.481 e. The van der Waals surface area contributed by atoms with Crippen molar-refractivity contribution >= 4 is 23.2 Å². The molecule has 5 heteroatoms. The highest BCUT2D eigenvalue weighted by atomic mass is 32.1. The number of carboxylic acids is 1. The lowest BCUT2D eigenvalue weighted by Crippen LogP contribution is -2.57. The Morgan fingerprint density at radius 2 is 1.65 bits per heavy atom. The summed E-state index contributed by atoms with van der Waals surface area (Å²) in [6.07, 6.45) is 4.06. The normalized spacial score (nSPS) is 23.3. The maximum atomic E-state index is 13.3. The summed E-state index contributed by atoms with van der Waals surface area (Å²) >= 11 is 1.69. The molecule has 3 aromatic rings. The largest absolute Gasteiger partial charge is 0.481 e. The summed E-state index contributed by atoms with van der Waals surface area (Å²) in [5, 5.41) is 12.4. The minimum absolute atomic E-state index is 0.0161. The van der Waals surface area contributed by atoms with E-state index in [1.54, 1.807) is 11.3 Å². The smallest absolute Gasteiger partial charge is 0.306 e. The highest BCUT2D eigenvalue weighted by Gasteiger charge is 2.55. The number of aliphatic carboxylic acids is 1. The summed E-state index contributed by atoms with van der Waals surface area (Å²) in [5.74, 6) is -0.858. The van der Waals surface area contributed by atoms with Crippen LogP contribution in [0.3, 0.4) is 0 Å². The Labute approximate surface area is 205 Å². The molecule has 2 fully saturated rings. The van der Waals surface area contributed by atoms with E-state index in [9.17, 15) is 9.59 Å². The van der Waals surface area contributed by atoms with Gasteiger partial charge in [-0.05, 0) is 86.1 Å². The van der Waals surface area contributed by atoms with Crippen molar-refractivity contribution in [2.75, 3.05) is 0 Å². The number of carbonyl (C=O) groups is 2. The fourth-order valence-electron chi connectivity index (χ4n) is 5.98. The van der Waals surface area contributed by atoms with Gasteiger partial charge in [0.25, 0.3) is 5.91 Å². The molecule has 2 aromatic carbocycles. The summed E-state index contributed by atoms with van der Waals surface area (Å²) in [6, 6.07) is 17.2. The van der Waals surface area contributed by atoms with Crippen molar-refractivity contribution < 1.29 is 14.7 Å². The van der Waals surface area contributed by atoms with E-state index in [-0.39, 0.29) is 23.3 Å². The second-order valence-corrected chi connectivity index (χ2v) is 11.7. The van der Waals surface area contributed by atoms with Crippen LogP contribution in [0.4, 0.5) is 0 Å².